The van der Waals surface area contributed by atoms with Crippen LogP contribution in [-0.2, 0) is 4.74 Å². The molecule has 0 saturated heterocycles. The average molecular weight is 150 g/mol. The van der Waals surface area contributed by atoms with Crippen LogP contribution >= 0.6 is 0 Å². The van der Waals surface area contributed by atoms with Gasteiger partial charge in [0.05, 0.1) is 0 Å². The van der Waals surface area contributed by atoms with Gasteiger partial charge in [-0.25, -0.2) is 0 Å². The van der Waals surface area contributed by atoms with Gasteiger partial charge in [-0.2, -0.15) is 0 Å². The predicted octanol–water partition coefficient (Wildman–Crippen LogP) is -2.18. The first-order valence-electron chi connectivity index (χ1n) is 3.02. The van der Waals surface area contributed by atoms with E-state index in [9.17, 15) is 0 Å². The Labute approximate surface area is 59.8 Å². The van der Waals surface area contributed by atoms with Crippen LogP contribution in [0.2, 0.25) is 0 Å². The minimum atomic E-state index is -1.64. The van der Waals surface area contributed by atoms with Crippen molar-refractivity contribution in [3.05, 3.63) is 0 Å². The molecular formula is C5H14N2O3. The van der Waals surface area contributed by atoms with E-state index in [1.54, 1.807) is 0 Å². The molecule has 0 aliphatic rings. The monoisotopic (exact) mass is 150 g/mol. The summed E-state index contributed by atoms with van der Waals surface area (Å²) >= 11 is 0. The molecule has 62 valence electrons. The molecule has 0 aromatic rings. The van der Waals surface area contributed by atoms with Crippen molar-refractivity contribution in [2.75, 3.05) is 26.8 Å². The van der Waals surface area contributed by atoms with Crippen molar-refractivity contribution >= 4 is 0 Å². The van der Waals surface area contributed by atoms with Crippen LogP contribution in [0.15, 0.2) is 0 Å². The molecule has 0 heterocycles. The Bertz CT molecular complexity index is 85.0. The zero-order valence-electron chi connectivity index (χ0n) is 6.00. The van der Waals surface area contributed by atoms with Gasteiger partial charge in [-0.1, -0.05) is 0 Å². The third-order valence-electron chi connectivity index (χ3n) is 1.10. The molecule has 1 atom stereocenters. The number of hydrogen-bond acceptors (Lipinski definition) is 5. The third kappa shape index (κ3) is 3.09. The zero-order chi connectivity index (χ0) is 8.04. The molecule has 0 aliphatic heterocycles. The summed E-state index contributed by atoms with van der Waals surface area (Å²) < 4.78 is 4.53. The second-order valence-electron chi connectivity index (χ2n) is 1.86. The van der Waals surface area contributed by atoms with Crippen molar-refractivity contribution < 1.29 is 14.9 Å². The predicted molar refractivity (Wildman–Crippen MR) is 36.1 cm³/mol. The zero-order valence-corrected chi connectivity index (χ0v) is 6.00. The lowest BCUT2D eigenvalue weighted by atomic mass is 10.5. The Morgan fingerprint density at radius 2 is 2.30 bits per heavy atom. The normalized spacial score (nSPS) is 16.8. The Balaban J connectivity index is 3.58. The van der Waals surface area contributed by atoms with Crippen molar-refractivity contribution in [3.63, 3.8) is 0 Å². The molecule has 0 aromatic heterocycles. The van der Waals surface area contributed by atoms with Gasteiger partial charge in [0.1, 0.15) is 6.61 Å². The molecule has 0 saturated carbocycles. The Kier molecular flexibility index (Phi) is 4.50. The van der Waals surface area contributed by atoms with Gasteiger partial charge < -0.3 is 20.7 Å². The number of aliphatic hydroxyl groups is 2. The number of nitrogens with one attached hydrogen (secondary N) is 1. The maximum Gasteiger partial charge on any atom is 0.249 e. The highest BCUT2D eigenvalue weighted by atomic mass is 16.6. The lowest BCUT2D eigenvalue weighted by Crippen LogP contribution is -2.51. The molecule has 5 nitrogen and oxygen atoms in total. The van der Waals surface area contributed by atoms with Gasteiger partial charge in [-0.15, -0.1) is 0 Å². The lowest BCUT2D eigenvalue weighted by Gasteiger charge is -2.24. The van der Waals surface area contributed by atoms with E-state index in [-0.39, 0.29) is 0 Å². The molecule has 0 rings (SSSR count). The highest BCUT2D eigenvalue weighted by Crippen LogP contribution is 1.96. The number of rotatable bonds is 5. The van der Waals surface area contributed by atoms with Crippen molar-refractivity contribution in [2.24, 2.45) is 5.73 Å². The number of aliphatic hydroxyl groups excluding tert-OH is 1. The van der Waals surface area contributed by atoms with Crippen LogP contribution in [0.1, 0.15) is 0 Å². The topological polar surface area (TPSA) is 87.7 Å². The molecule has 0 aromatic carbocycles. The molecule has 0 radical (unpaired) electrons. The fraction of sp³-hybridized carbons (Fsp3) is 1.00. The first-order valence-corrected chi connectivity index (χ1v) is 3.02. The molecule has 0 amide bonds. The standard InChI is InChI=1S/C5H14N2O3/c1-10-5(9,4-8)7-3-2-6/h7-9H,2-4,6H2,1H3. The Morgan fingerprint density at radius 1 is 1.70 bits per heavy atom. The van der Waals surface area contributed by atoms with Gasteiger partial charge in [0, 0.05) is 20.2 Å². The average Bonchev–Trinajstić information content (AvgIpc) is 2.00. The van der Waals surface area contributed by atoms with Gasteiger partial charge >= 0.3 is 0 Å². The van der Waals surface area contributed by atoms with Crippen LogP contribution in [-0.4, -0.2) is 42.9 Å². The van der Waals surface area contributed by atoms with Crippen LogP contribution in [0.4, 0.5) is 0 Å². The quantitative estimate of drug-likeness (QED) is 0.335. The first-order chi connectivity index (χ1) is 4.68. The molecule has 10 heavy (non-hydrogen) atoms. The summed E-state index contributed by atoms with van der Waals surface area (Å²) in [6.07, 6.45) is 0. The highest BCUT2D eigenvalue weighted by Gasteiger charge is 2.23. The molecule has 0 spiro atoms. The number of hydrogen-bond donors (Lipinski definition) is 4. The van der Waals surface area contributed by atoms with Gasteiger partial charge in [0.15, 0.2) is 0 Å². The van der Waals surface area contributed by atoms with E-state index in [1.165, 1.54) is 7.11 Å². The van der Waals surface area contributed by atoms with Crippen LogP contribution in [0, 0.1) is 0 Å². The molecule has 5 N–H and O–H groups in total. The van der Waals surface area contributed by atoms with Gasteiger partial charge in [0.25, 0.3) is 0 Å². The molecule has 1 unspecified atom stereocenters. The minimum Gasteiger partial charge on any atom is -0.389 e. The van der Waals surface area contributed by atoms with Crippen molar-refractivity contribution in [2.45, 2.75) is 5.91 Å². The molecule has 0 bridgehead atoms. The summed E-state index contributed by atoms with van der Waals surface area (Å²) in [5.41, 5.74) is 5.13. The first kappa shape index (κ1) is 9.80. The van der Waals surface area contributed by atoms with E-state index in [0.717, 1.165) is 0 Å². The number of ether oxygens (including phenoxy) is 1. The summed E-state index contributed by atoms with van der Waals surface area (Å²) in [5, 5.41) is 20.2. The van der Waals surface area contributed by atoms with Gasteiger partial charge in [0.2, 0.25) is 5.91 Å². The van der Waals surface area contributed by atoms with E-state index < -0.39 is 12.5 Å². The molecule has 0 fully saturated rings. The fourth-order valence-electron chi connectivity index (χ4n) is 0.460. The van der Waals surface area contributed by atoms with Crippen LogP contribution < -0.4 is 11.1 Å². The van der Waals surface area contributed by atoms with Crippen molar-refractivity contribution in [3.8, 4) is 0 Å². The number of methoxy groups -OCH3 is 1. The maximum absolute atomic E-state index is 9.12. The van der Waals surface area contributed by atoms with Crippen LogP contribution in [0.25, 0.3) is 0 Å². The van der Waals surface area contributed by atoms with E-state index in [2.05, 4.69) is 10.1 Å². The van der Waals surface area contributed by atoms with Crippen LogP contribution in [0.5, 0.6) is 0 Å². The lowest BCUT2D eigenvalue weighted by molar-refractivity contribution is -0.228. The van der Waals surface area contributed by atoms with E-state index in [4.69, 9.17) is 15.9 Å². The largest absolute Gasteiger partial charge is 0.389 e. The van der Waals surface area contributed by atoms with E-state index >= 15 is 0 Å². The molecule has 0 aliphatic carbocycles. The Hall–Kier alpha value is -0.200. The van der Waals surface area contributed by atoms with Crippen LogP contribution in [0.3, 0.4) is 0 Å². The summed E-state index contributed by atoms with van der Waals surface area (Å²) in [5.74, 6) is -1.64. The SMILES string of the molecule is COC(O)(CO)NCCN. The number of nitrogens with two attached hydrogens (primary N) is 1. The van der Waals surface area contributed by atoms with Gasteiger partial charge in [-0.3, -0.25) is 5.32 Å². The molecule has 5 heteroatoms. The highest BCUT2D eigenvalue weighted by molar-refractivity contribution is 4.61. The smallest absolute Gasteiger partial charge is 0.249 e. The van der Waals surface area contributed by atoms with Crippen molar-refractivity contribution in [1.29, 1.82) is 0 Å². The molecular weight excluding hydrogens is 136 g/mol. The van der Waals surface area contributed by atoms with Gasteiger partial charge in [-0.05, 0) is 0 Å². The van der Waals surface area contributed by atoms with E-state index in [0.29, 0.717) is 13.1 Å². The van der Waals surface area contributed by atoms with E-state index in [1.807, 2.05) is 0 Å². The maximum atomic E-state index is 9.12. The fourth-order valence-corrected chi connectivity index (χ4v) is 0.460. The second-order valence-corrected chi connectivity index (χ2v) is 1.86. The van der Waals surface area contributed by atoms with Crippen molar-refractivity contribution in [1.82, 2.24) is 5.32 Å². The second kappa shape index (κ2) is 4.59. The summed E-state index contributed by atoms with van der Waals surface area (Å²) in [4.78, 5) is 0. The summed E-state index contributed by atoms with van der Waals surface area (Å²) in [6, 6.07) is 0. The summed E-state index contributed by atoms with van der Waals surface area (Å²) in [7, 11) is 1.29. The minimum absolute atomic E-state index is 0.381. The third-order valence-corrected chi connectivity index (χ3v) is 1.10. The Morgan fingerprint density at radius 3 is 2.60 bits per heavy atom. The summed E-state index contributed by atoms with van der Waals surface area (Å²) in [6.45, 7) is 0.278.